The Hall–Kier alpha value is -1.06. The number of nitrogens with two attached hydrogens (primary N) is 1. The van der Waals surface area contributed by atoms with Crippen molar-refractivity contribution in [1.82, 2.24) is 0 Å². The maximum Gasteiger partial charge on any atom is 0.124 e. The van der Waals surface area contributed by atoms with E-state index in [1.807, 2.05) is 24.3 Å². The van der Waals surface area contributed by atoms with Crippen molar-refractivity contribution in [2.75, 3.05) is 6.61 Å². The van der Waals surface area contributed by atoms with Gasteiger partial charge in [0, 0.05) is 11.6 Å². The molecule has 106 valence electrons. The maximum absolute atomic E-state index is 6.11. The molecule has 0 spiro atoms. The van der Waals surface area contributed by atoms with Crippen LogP contribution in [0.25, 0.3) is 0 Å². The van der Waals surface area contributed by atoms with Crippen LogP contribution in [0.15, 0.2) is 24.3 Å². The molecule has 1 unspecified atom stereocenters. The maximum atomic E-state index is 6.11. The van der Waals surface area contributed by atoms with E-state index in [-0.39, 0.29) is 17.7 Å². The van der Waals surface area contributed by atoms with Gasteiger partial charge in [0.1, 0.15) is 12.4 Å². The minimum atomic E-state index is -0.00658. The molecule has 1 heterocycles. The lowest BCUT2D eigenvalue weighted by Crippen LogP contribution is -2.24. The van der Waals surface area contributed by atoms with Gasteiger partial charge in [0.15, 0.2) is 0 Å². The van der Waals surface area contributed by atoms with Gasteiger partial charge in [0.2, 0.25) is 0 Å². The van der Waals surface area contributed by atoms with E-state index in [0.29, 0.717) is 6.61 Å². The molecule has 1 aliphatic heterocycles. The number of ether oxygens (including phenoxy) is 2. The molecule has 0 amide bonds. The van der Waals surface area contributed by atoms with Crippen molar-refractivity contribution >= 4 is 0 Å². The molecule has 1 aliphatic rings. The molecule has 0 bridgehead atoms. The fourth-order valence-corrected chi connectivity index (χ4v) is 2.52. The summed E-state index contributed by atoms with van der Waals surface area (Å²) in [6.45, 7) is 6.96. The number of benzene rings is 1. The smallest absolute Gasteiger partial charge is 0.124 e. The van der Waals surface area contributed by atoms with Gasteiger partial charge < -0.3 is 15.2 Å². The third kappa shape index (κ3) is 3.71. The molecule has 2 rings (SSSR count). The molecule has 3 nitrogen and oxygen atoms in total. The average Bonchev–Trinajstić information content (AvgIpc) is 2.75. The molecule has 1 saturated heterocycles. The van der Waals surface area contributed by atoms with Crippen molar-refractivity contribution in [3.05, 3.63) is 29.8 Å². The van der Waals surface area contributed by atoms with Crippen LogP contribution in [0.2, 0.25) is 0 Å². The SMILES string of the molecule is CC[C@H](N)c1ccccc1OCC1CCC(C)(C)O1. The number of rotatable bonds is 5. The second-order valence-corrected chi connectivity index (χ2v) is 5.90. The standard InChI is InChI=1S/C16H25NO2/c1-4-14(17)13-7-5-6-8-15(13)18-11-12-9-10-16(2,3)19-12/h5-8,12,14H,4,9-11,17H2,1-3H3/t12?,14-/m0/s1. The molecule has 2 atom stereocenters. The van der Waals surface area contributed by atoms with Crippen molar-refractivity contribution in [2.24, 2.45) is 5.73 Å². The Balaban J connectivity index is 1.96. The van der Waals surface area contributed by atoms with Crippen molar-refractivity contribution in [1.29, 1.82) is 0 Å². The lowest BCUT2D eigenvalue weighted by Gasteiger charge is -2.21. The fourth-order valence-electron chi connectivity index (χ4n) is 2.52. The summed E-state index contributed by atoms with van der Waals surface area (Å²) < 4.78 is 11.9. The first kappa shape index (κ1) is 14.4. The molecule has 0 saturated carbocycles. The minimum Gasteiger partial charge on any atom is -0.491 e. The minimum absolute atomic E-state index is 0.00658. The van der Waals surface area contributed by atoms with E-state index in [9.17, 15) is 0 Å². The van der Waals surface area contributed by atoms with E-state index in [0.717, 1.165) is 30.6 Å². The predicted octanol–water partition coefficient (Wildman–Crippen LogP) is 3.43. The highest BCUT2D eigenvalue weighted by Crippen LogP contribution is 2.31. The molecule has 1 fully saturated rings. The Labute approximate surface area is 116 Å². The highest BCUT2D eigenvalue weighted by Gasteiger charge is 2.32. The van der Waals surface area contributed by atoms with Gasteiger partial charge >= 0.3 is 0 Å². The van der Waals surface area contributed by atoms with Crippen molar-refractivity contribution in [3.8, 4) is 5.75 Å². The number of hydrogen-bond donors (Lipinski definition) is 1. The summed E-state index contributed by atoms with van der Waals surface area (Å²) in [7, 11) is 0. The Morgan fingerprint density at radius 2 is 2.16 bits per heavy atom. The van der Waals surface area contributed by atoms with Gasteiger partial charge in [-0.05, 0) is 39.2 Å². The molecule has 1 aromatic carbocycles. The topological polar surface area (TPSA) is 44.5 Å². The summed E-state index contributed by atoms with van der Waals surface area (Å²) in [5.41, 5.74) is 7.19. The molecule has 3 heteroatoms. The first-order valence-corrected chi connectivity index (χ1v) is 7.17. The van der Waals surface area contributed by atoms with E-state index in [2.05, 4.69) is 20.8 Å². The van der Waals surface area contributed by atoms with E-state index < -0.39 is 0 Å². The second kappa shape index (κ2) is 5.93. The van der Waals surface area contributed by atoms with Crippen LogP contribution in [0.1, 0.15) is 51.6 Å². The van der Waals surface area contributed by atoms with Gasteiger partial charge in [-0.1, -0.05) is 25.1 Å². The van der Waals surface area contributed by atoms with Crippen molar-refractivity contribution < 1.29 is 9.47 Å². The molecule has 0 aliphatic carbocycles. The van der Waals surface area contributed by atoms with Gasteiger partial charge in [-0.25, -0.2) is 0 Å². The van der Waals surface area contributed by atoms with Gasteiger partial charge in [-0.15, -0.1) is 0 Å². The first-order chi connectivity index (χ1) is 9.02. The summed E-state index contributed by atoms with van der Waals surface area (Å²) in [6, 6.07) is 8.07. The Bertz CT molecular complexity index is 417. The van der Waals surface area contributed by atoms with Crippen molar-refractivity contribution in [2.45, 2.75) is 57.8 Å². The number of hydrogen-bond acceptors (Lipinski definition) is 3. The lowest BCUT2D eigenvalue weighted by molar-refractivity contribution is -0.0328. The Morgan fingerprint density at radius 3 is 2.79 bits per heavy atom. The number of para-hydroxylation sites is 1. The summed E-state index contributed by atoms with van der Waals surface area (Å²) in [5, 5.41) is 0. The highest BCUT2D eigenvalue weighted by molar-refractivity contribution is 5.35. The highest BCUT2D eigenvalue weighted by atomic mass is 16.6. The molecule has 0 radical (unpaired) electrons. The molecule has 1 aromatic rings. The molecular weight excluding hydrogens is 238 g/mol. The van der Waals surface area contributed by atoms with E-state index in [1.165, 1.54) is 0 Å². The Kier molecular flexibility index (Phi) is 4.48. The first-order valence-electron chi connectivity index (χ1n) is 7.17. The third-order valence-corrected chi connectivity index (χ3v) is 3.74. The van der Waals surface area contributed by atoms with E-state index >= 15 is 0 Å². The van der Waals surface area contributed by atoms with E-state index in [1.54, 1.807) is 0 Å². The summed E-state index contributed by atoms with van der Waals surface area (Å²) >= 11 is 0. The Morgan fingerprint density at radius 1 is 1.42 bits per heavy atom. The third-order valence-electron chi connectivity index (χ3n) is 3.74. The van der Waals surface area contributed by atoms with Crippen LogP contribution in [-0.2, 0) is 4.74 Å². The quantitative estimate of drug-likeness (QED) is 0.885. The summed E-state index contributed by atoms with van der Waals surface area (Å²) in [6.07, 6.45) is 3.26. The van der Waals surface area contributed by atoms with Gasteiger partial charge in [0.05, 0.1) is 11.7 Å². The van der Waals surface area contributed by atoms with Crippen LogP contribution in [0.5, 0.6) is 5.75 Å². The zero-order valence-electron chi connectivity index (χ0n) is 12.2. The van der Waals surface area contributed by atoms with E-state index in [4.69, 9.17) is 15.2 Å². The van der Waals surface area contributed by atoms with Crippen LogP contribution in [0.4, 0.5) is 0 Å². The predicted molar refractivity (Wildman–Crippen MR) is 77.3 cm³/mol. The monoisotopic (exact) mass is 263 g/mol. The van der Waals surface area contributed by atoms with Crippen LogP contribution in [-0.4, -0.2) is 18.3 Å². The molecular formula is C16H25NO2. The van der Waals surface area contributed by atoms with Crippen molar-refractivity contribution in [3.63, 3.8) is 0 Å². The molecule has 2 N–H and O–H groups in total. The van der Waals surface area contributed by atoms with Crippen LogP contribution >= 0.6 is 0 Å². The summed E-state index contributed by atoms with van der Waals surface area (Å²) in [4.78, 5) is 0. The largest absolute Gasteiger partial charge is 0.491 e. The van der Waals surface area contributed by atoms with Crippen LogP contribution in [0.3, 0.4) is 0 Å². The average molecular weight is 263 g/mol. The van der Waals surface area contributed by atoms with Gasteiger partial charge in [-0.3, -0.25) is 0 Å². The fraction of sp³-hybridized carbons (Fsp3) is 0.625. The molecule has 19 heavy (non-hydrogen) atoms. The van der Waals surface area contributed by atoms with Crippen LogP contribution < -0.4 is 10.5 Å². The summed E-state index contributed by atoms with van der Waals surface area (Å²) in [5.74, 6) is 0.894. The molecule has 0 aromatic heterocycles. The normalized spacial score (nSPS) is 23.3. The van der Waals surface area contributed by atoms with Gasteiger partial charge in [0.25, 0.3) is 0 Å². The zero-order chi connectivity index (χ0) is 13.9. The second-order valence-electron chi connectivity index (χ2n) is 5.90. The van der Waals surface area contributed by atoms with Gasteiger partial charge in [-0.2, -0.15) is 0 Å². The zero-order valence-corrected chi connectivity index (χ0v) is 12.2. The van der Waals surface area contributed by atoms with Crippen LogP contribution in [0, 0.1) is 0 Å². The lowest BCUT2D eigenvalue weighted by atomic mass is 10.0.